The number of carbonyl (C=O) groups is 1. The van der Waals surface area contributed by atoms with Gasteiger partial charge in [0.05, 0.1) is 12.1 Å². The van der Waals surface area contributed by atoms with Crippen LogP contribution in [0.1, 0.15) is 49.9 Å². The number of rotatable bonds is 4. The van der Waals surface area contributed by atoms with Gasteiger partial charge >= 0.3 is 0 Å². The molecule has 3 heteroatoms. The minimum absolute atomic E-state index is 0.107. The molecule has 126 valence electrons. The summed E-state index contributed by atoms with van der Waals surface area (Å²) < 4.78 is 0. The smallest absolute Gasteiger partial charge is 0.244 e. The zero-order valence-electron chi connectivity index (χ0n) is 15.2. The summed E-state index contributed by atoms with van der Waals surface area (Å²) in [4.78, 5) is 12.1. The molecule has 0 unspecified atom stereocenters. The third-order valence-corrected chi connectivity index (χ3v) is 4.00. The van der Waals surface area contributed by atoms with Crippen molar-refractivity contribution >= 4 is 11.6 Å². The maximum absolute atomic E-state index is 12.1. The molecule has 2 aromatic rings. The second-order valence-electron chi connectivity index (χ2n) is 7.22. The molecule has 0 aliphatic rings. The highest BCUT2D eigenvalue weighted by Gasteiger charge is 2.13. The van der Waals surface area contributed by atoms with E-state index in [2.05, 4.69) is 43.4 Å². The molecule has 2 aromatic carbocycles. The van der Waals surface area contributed by atoms with Crippen molar-refractivity contribution in [3.8, 4) is 0 Å². The molecule has 0 aromatic heterocycles. The van der Waals surface area contributed by atoms with E-state index in [-0.39, 0.29) is 11.3 Å². The van der Waals surface area contributed by atoms with Gasteiger partial charge in [-0.25, -0.2) is 5.43 Å². The predicted octanol–water partition coefficient (Wildman–Crippen LogP) is 4.38. The molecule has 1 amide bonds. The molecule has 0 aliphatic carbocycles. The van der Waals surface area contributed by atoms with Crippen LogP contribution >= 0.6 is 0 Å². The Morgan fingerprint density at radius 3 is 2.12 bits per heavy atom. The maximum Gasteiger partial charge on any atom is 0.244 e. The highest BCUT2D eigenvalue weighted by Crippen LogP contribution is 2.22. The summed E-state index contributed by atoms with van der Waals surface area (Å²) >= 11 is 0. The van der Waals surface area contributed by atoms with E-state index in [4.69, 9.17) is 0 Å². The average molecular weight is 322 g/mol. The average Bonchev–Trinajstić information content (AvgIpc) is 2.53. The van der Waals surface area contributed by atoms with Crippen molar-refractivity contribution in [2.24, 2.45) is 5.10 Å². The minimum atomic E-state index is -0.107. The molecule has 0 bridgehead atoms. The van der Waals surface area contributed by atoms with Crippen LogP contribution in [0, 0.1) is 6.92 Å². The number of benzene rings is 2. The van der Waals surface area contributed by atoms with Gasteiger partial charge in [0.1, 0.15) is 0 Å². The maximum atomic E-state index is 12.1. The highest BCUT2D eigenvalue weighted by atomic mass is 16.2. The fraction of sp³-hybridized carbons (Fsp3) is 0.333. The largest absolute Gasteiger partial charge is 0.273 e. The number of nitrogens with zero attached hydrogens (tertiary/aromatic N) is 1. The van der Waals surface area contributed by atoms with Gasteiger partial charge in [-0.1, -0.05) is 74.9 Å². The van der Waals surface area contributed by atoms with Gasteiger partial charge in [-0.05, 0) is 36.0 Å². The molecular formula is C21H26N2O. The Kier molecular flexibility index (Phi) is 5.55. The van der Waals surface area contributed by atoms with Crippen LogP contribution in [0.25, 0.3) is 0 Å². The summed E-state index contributed by atoms with van der Waals surface area (Å²) in [6.07, 6.45) is 0.328. The molecule has 0 aliphatic heterocycles. The number of aryl methyl sites for hydroxylation is 1. The number of hydrogen-bond donors (Lipinski definition) is 1. The molecule has 0 radical (unpaired) electrons. The van der Waals surface area contributed by atoms with Crippen molar-refractivity contribution < 1.29 is 4.79 Å². The molecule has 3 nitrogen and oxygen atoms in total. The van der Waals surface area contributed by atoms with Crippen molar-refractivity contribution in [1.29, 1.82) is 0 Å². The summed E-state index contributed by atoms with van der Waals surface area (Å²) in [5, 5.41) is 4.19. The fourth-order valence-electron chi connectivity index (χ4n) is 2.35. The van der Waals surface area contributed by atoms with E-state index in [1.165, 1.54) is 11.1 Å². The van der Waals surface area contributed by atoms with Gasteiger partial charge in [-0.3, -0.25) is 4.79 Å². The standard InChI is InChI=1S/C21H26N2O/c1-15-6-10-18(11-7-15)16(2)22-23-20(24)14-17-8-12-19(13-9-17)21(3,4)5/h6-13H,14H2,1-5H3,(H,23,24)/b22-16-. The molecule has 0 saturated carbocycles. The summed E-state index contributed by atoms with van der Waals surface area (Å²) in [6, 6.07) is 16.3. The predicted molar refractivity (Wildman–Crippen MR) is 100 cm³/mol. The fourth-order valence-corrected chi connectivity index (χ4v) is 2.35. The normalized spacial score (nSPS) is 12.1. The Balaban J connectivity index is 1.95. The molecule has 24 heavy (non-hydrogen) atoms. The van der Waals surface area contributed by atoms with E-state index in [1.54, 1.807) is 0 Å². The molecule has 0 heterocycles. The van der Waals surface area contributed by atoms with Crippen LogP contribution in [0.2, 0.25) is 0 Å². The second kappa shape index (κ2) is 7.43. The van der Waals surface area contributed by atoms with Crippen molar-refractivity contribution in [2.45, 2.75) is 46.5 Å². The monoisotopic (exact) mass is 322 g/mol. The third kappa shape index (κ3) is 5.05. The van der Waals surface area contributed by atoms with Crippen LogP contribution in [-0.2, 0) is 16.6 Å². The molecule has 1 N–H and O–H groups in total. The lowest BCUT2D eigenvalue weighted by Gasteiger charge is -2.19. The molecule has 0 saturated heterocycles. The summed E-state index contributed by atoms with van der Waals surface area (Å²) in [5.41, 5.74) is 8.02. The van der Waals surface area contributed by atoms with E-state index in [9.17, 15) is 4.79 Å². The van der Waals surface area contributed by atoms with E-state index in [0.717, 1.165) is 16.8 Å². The van der Waals surface area contributed by atoms with E-state index in [0.29, 0.717) is 6.42 Å². The first-order chi connectivity index (χ1) is 11.3. The number of amides is 1. The van der Waals surface area contributed by atoms with Crippen LogP contribution in [0.4, 0.5) is 0 Å². The van der Waals surface area contributed by atoms with Crippen LogP contribution < -0.4 is 5.43 Å². The Morgan fingerprint density at radius 1 is 1.00 bits per heavy atom. The zero-order valence-corrected chi connectivity index (χ0v) is 15.2. The number of nitrogens with one attached hydrogen (secondary N) is 1. The first-order valence-corrected chi connectivity index (χ1v) is 8.25. The first-order valence-electron chi connectivity index (χ1n) is 8.25. The molecule has 2 rings (SSSR count). The summed E-state index contributed by atoms with van der Waals surface area (Å²) in [5.74, 6) is -0.107. The lowest BCUT2D eigenvalue weighted by Crippen LogP contribution is -2.21. The summed E-state index contributed by atoms with van der Waals surface area (Å²) in [7, 11) is 0. The highest BCUT2D eigenvalue weighted by molar-refractivity contribution is 5.99. The molecule has 0 fully saturated rings. The van der Waals surface area contributed by atoms with Gasteiger partial charge < -0.3 is 0 Å². The van der Waals surface area contributed by atoms with Gasteiger partial charge in [0.2, 0.25) is 5.91 Å². The number of hydrogen-bond acceptors (Lipinski definition) is 2. The third-order valence-electron chi connectivity index (χ3n) is 4.00. The second-order valence-corrected chi connectivity index (χ2v) is 7.22. The van der Waals surface area contributed by atoms with Crippen molar-refractivity contribution in [1.82, 2.24) is 5.43 Å². The topological polar surface area (TPSA) is 41.5 Å². The lowest BCUT2D eigenvalue weighted by atomic mass is 9.86. The van der Waals surface area contributed by atoms with E-state index < -0.39 is 0 Å². The lowest BCUT2D eigenvalue weighted by molar-refractivity contribution is -0.120. The van der Waals surface area contributed by atoms with Gasteiger partial charge in [-0.2, -0.15) is 5.10 Å². The van der Waals surface area contributed by atoms with Gasteiger partial charge in [0.15, 0.2) is 0 Å². The molecule has 0 atom stereocenters. The zero-order chi connectivity index (χ0) is 17.7. The van der Waals surface area contributed by atoms with Crippen molar-refractivity contribution in [3.05, 3.63) is 70.8 Å². The molecule has 0 spiro atoms. The van der Waals surface area contributed by atoms with Crippen LogP contribution in [0.15, 0.2) is 53.6 Å². The van der Waals surface area contributed by atoms with Gasteiger partial charge in [0.25, 0.3) is 0 Å². The minimum Gasteiger partial charge on any atom is -0.273 e. The summed E-state index contributed by atoms with van der Waals surface area (Å²) in [6.45, 7) is 10.5. The first kappa shape index (κ1) is 17.9. The van der Waals surface area contributed by atoms with Crippen LogP contribution in [0.3, 0.4) is 0 Å². The van der Waals surface area contributed by atoms with Crippen molar-refractivity contribution in [2.75, 3.05) is 0 Å². The Hall–Kier alpha value is -2.42. The van der Waals surface area contributed by atoms with Crippen molar-refractivity contribution in [3.63, 3.8) is 0 Å². The number of hydrazone groups is 1. The quantitative estimate of drug-likeness (QED) is 0.659. The van der Waals surface area contributed by atoms with Gasteiger partial charge in [-0.15, -0.1) is 0 Å². The number of carbonyl (C=O) groups excluding carboxylic acids is 1. The van der Waals surface area contributed by atoms with E-state index in [1.807, 2.05) is 50.2 Å². The molecular weight excluding hydrogens is 296 g/mol. The van der Waals surface area contributed by atoms with Crippen LogP contribution in [0.5, 0.6) is 0 Å². The van der Waals surface area contributed by atoms with Gasteiger partial charge in [0, 0.05) is 0 Å². The van der Waals surface area contributed by atoms with E-state index >= 15 is 0 Å². The Morgan fingerprint density at radius 2 is 1.58 bits per heavy atom. The SMILES string of the molecule is C/C(=N/NC(=O)Cc1ccc(C(C)(C)C)cc1)c1ccc(C)cc1. The Labute approximate surface area is 144 Å². The van der Waals surface area contributed by atoms with Crippen LogP contribution in [-0.4, -0.2) is 11.6 Å². The Bertz CT molecular complexity index is 720.